The Labute approximate surface area is 82.3 Å². The summed E-state index contributed by atoms with van der Waals surface area (Å²) in [5.74, 6) is 6.10. The van der Waals surface area contributed by atoms with E-state index in [4.69, 9.17) is 5.73 Å². The van der Waals surface area contributed by atoms with Crippen LogP contribution in [0.15, 0.2) is 24.4 Å². The van der Waals surface area contributed by atoms with Gasteiger partial charge in [0, 0.05) is 23.9 Å². The summed E-state index contributed by atoms with van der Waals surface area (Å²) in [5, 5.41) is 7.95. The molecule has 3 nitrogen and oxygen atoms in total. The number of nitrogens with two attached hydrogens (primary N) is 1. The van der Waals surface area contributed by atoms with E-state index in [-0.39, 0.29) is 0 Å². The number of nitrogens with zero attached hydrogens (tertiary/aromatic N) is 1. The Morgan fingerprint density at radius 2 is 2.36 bits per heavy atom. The minimum absolute atomic E-state index is 0.606. The van der Waals surface area contributed by atoms with Crippen molar-refractivity contribution in [3.05, 3.63) is 30.0 Å². The lowest BCUT2D eigenvalue weighted by molar-refractivity contribution is 1.03. The predicted octanol–water partition coefficient (Wildman–Crippen LogP) is 1.26. The third-order valence-corrected chi connectivity index (χ3v) is 1.98. The maximum absolute atomic E-state index is 5.36. The molecule has 1 heterocycles. The largest absolute Gasteiger partial charge is 0.330 e. The molecule has 0 spiro atoms. The van der Waals surface area contributed by atoms with Gasteiger partial charge in [-0.2, -0.15) is 5.10 Å². The molecule has 0 aliphatic heterocycles. The molecule has 0 atom stereocenters. The monoisotopic (exact) mass is 185 g/mol. The smallest absolute Gasteiger partial charge is 0.0662 e. The van der Waals surface area contributed by atoms with Gasteiger partial charge in [0.25, 0.3) is 0 Å². The minimum Gasteiger partial charge on any atom is -0.330 e. The average Bonchev–Trinajstić information content (AvgIpc) is 2.67. The molecule has 3 heteroatoms. The third-order valence-electron chi connectivity index (χ3n) is 1.98. The molecule has 0 bridgehead atoms. The Morgan fingerprint density at radius 1 is 1.43 bits per heavy atom. The van der Waals surface area contributed by atoms with E-state index in [2.05, 4.69) is 22.0 Å². The van der Waals surface area contributed by atoms with Crippen LogP contribution in [0.25, 0.3) is 10.9 Å². The van der Waals surface area contributed by atoms with Crippen LogP contribution in [0.3, 0.4) is 0 Å². The second-order valence-electron chi connectivity index (χ2n) is 2.98. The molecule has 0 aliphatic rings. The molecular formula is C11H11N3. The van der Waals surface area contributed by atoms with Gasteiger partial charge in [-0.3, -0.25) is 5.10 Å². The first kappa shape index (κ1) is 8.79. The number of rotatable bonds is 1. The van der Waals surface area contributed by atoms with Crippen LogP contribution in [-0.2, 0) is 0 Å². The van der Waals surface area contributed by atoms with Crippen LogP contribution in [0.5, 0.6) is 0 Å². The van der Waals surface area contributed by atoms with E-state index in [0.717, 1.165) is 22.9 Å². The molecule has 2 rings (SSSR count). The van der Waals surface area contributed by atoms with Crippen LogP contribution >= 0.6 is 0 Å². The number of H-pyrrole nitrogens is 1. The zero-order chi connectivity index (χ0) is 9.80. The van der Waals surface area contributed by atoms with Crippen molar-refractivity contribution >= 4 is 10.9 Å². The molecule has 0 amide bonds. The molecule has 0 saturated carbocycles. The number of nitrogens with one attached hydrogen (secondary N) is 1. The summed E-state index contributed by atoms with van der Waals surface area (Å²) in [5.41, 5.74) is 7.39. The molecule has 0 saturated heterocycles. The van der Waals surface area contributed by atoms with Crippen LogP contribution in [-0.4, -0.2) is 16.7 Å². The predicted molar refractivity (Wildman–Crippen MR) is 56.6 cm³/mol. The second-order valence-corrected chi connectivity index (χ2v) is 2.98. The fourth-order valence-corrected chi connectivity index (χ4v) is 1.31. The SMILES string of the molecule is NCCC#Cc1cccc2[nH]ncc12. The van der Waals surface area contributed by atoms with Gasteiger partial charge in [0.05, 0.1) is 11.7 Å². The van der Waals surface area contributed by atoms with Crippen molar-refractivity contribution in [1.29, 1.82) is 0 Å². The average molecular weight is 185 g/mol. The van der Waals surface area contributed by atoms with Crippen LogP contribution < -0.4 is 5.73 Å². The zero-order valence-electron chi connectivity index (χ0n) is 7.75. The number of benzene rings is 1. The van der Waals surface area contributed by atoms with Gasteiger partial charge >= 0.3 is 0 Å². The van der Waals surface area contributed by atoms with Gasteiger partial charge in [-0.1, -0.05) is 17.9 Å². The lowest BCUT2D eigenvalue weighted by Crippen LogP contribution is -1.95. The van der Waals surface area contributed by atoms with Crippen LogP contribution in [0.1, 0.15) is 12.0 Å². The number of aromatic nitrogens is 2. The van der Waals surface area contributed by atoms with Gasteiger partial charge < -0.3 is 5.73 Å². The Balaban J connectivity index is 2.43. The van der Waals surface area contributed by atoms with E-state index >= 15 is 0 Å². The minimum atomic E-state index is 0.606. The highest BCUT2D eigenvalue weighted by Gasteiger charge is 1.98. The van der Waals surface area contributed by atoms with Crippen molar-refractivity contribution in [3.8, 4) is 11.8 Å². The van der Waals surface area contributed by atoms with E-state index in [1.165, 1.54) is 0 Å². The molecule has 0 unspecified atom stereocenters. The first-order valence-corrected chi connectivity index (χ1v) is 4.53. The summed E-state index contributed by atoms with van der Waals surface area (Å²) in [6, 6.07) is 5.94. The van der Waals surface area contributed by atoms with Crippen molar-refractivity contribution in [2.24, 2.45) is 5.73 Å². The van der Waals surface area contributed by atoms with Gasteiger partial charge in [-0.05, 0) is 12.1 Å². The Hall–Kier alpha value is -1.79. The maximum atomic E-state index is 5.36. The van der Waals surface area contributed by atoms with Crippen LogP contribution in [0.4, 0.5) is 0 Å². The normalized spacial score (nSPS) is 9.79. The van der Waals surface area contributed by atoms with Crippen LogP contribution in [0.2, 0.25) is 0 Å². The third kappa shape index (κ3) is 1.61. The first-order chi connectivity index (χ1) is 6.92. The van der Waals surface area contributed by atoms with Crippen molar-refractivity contribution in [2.75, 3.05) is 6.54 Å². The fourth-order valence-electron chi connectivity index (χ4n) is 1.31. The number of aromatic amines is 1. The van der Waals surface area contributed by atoms with Gasteiger partial charge in [-0.15, -0.1) is 0 Å². The second kappa shape index (κ2) is 3.95. The molecule has 1 aromatic heterocycles. The quantitative estimate of drug-likeness (QED) is 0.657. The van der Waals surface area contributed by atoms with Gasteiger partial charge in [0.15, 0.2) is 0 Å². The van der Waals surface area contributed by atoms with Crippen molar-refractivity contribution < 1.29 is 0 Å². The number of hydrogen-bond acceptors (Lipinski definition) is 2. The molecular weight excluding hydrogens is 174 g/mol. The molecule has 3 N–H and O–H groups in total. The highest BCUT2D eigenvalue weighted by atomic mass is 15.1. The van der Waals surface area contributed by atoms with E-state index < -0.39 is 0 Å². The van der Waals surface area contributed by atoms with Crippen molar-refractivity contribution in [1.82, 2.24) is 10.2 Å². The molecule has 0 fully saturated rings. The lowest BCUT2D eigenvalue weighted by atomic mass is 10.1. The number of fused-ring (bicyclic) bond motifs is 1. The maximum Gasteiger partial charge on any atom is 0.0662 e. The van der Waals surface area contributed by atoms with E-state index in [1.54, 1.807) is 6.20 Å². The fraction of sp³-hybridized carbons (Fsp3) is 0.182. The summed E-state index contributed by atoms with van der Waals surface area (Å²) in [7, 11) is 0. The Kier molecular flexibility index (Phi) is 2.48. The summed E-state index contributed by atoms with van der Waals surface area (Å²) in [6.07, 6.45) is 2.52. The van der Waals surface area contributed by atoms with E-state index in [0.29, 0.717) is 6.54 Å². The van der Waals surface area contributed by atoms with Gasteiger partial charge in [-0.25, -0.2) is 0 Å². The van der Waals surface area contributed by atoms with Gasteiger partial charge in [0.2, 0.25) is 0 Å². The summed E-state index contributed by atoms with van der Waals surface area (Å²) in [6.45, 7) is 0.606. The Bertz CT molecular complexity index is 488. The molecule has 14 heavy (non-hydrogen) atoms. The molecule has 0 aliphatic carbocycles. The summed E-state index contributed by atoms with van der Waals surface area (Å²) >= 11 is 0. The Morgan fingerprint density at radius 3 is 3.21 bits per heavy atom. The molecule has 1 aromatic carbocycles. The topological polar surface area (TPSA) is 54.7 Å². The zero-order valence-corrected chi connectivity index (χ0v) is 7.75. The molecule has 2 aromatic rings. The van der Waals surface area contributed by atoms with E-state index in [9.17, 15) is 0 Å². The van der Waals surface area contributed by atoms with Gasteiger partial charge in [0.1, 0.15) is 0 Å². The highest BCUT2D eigenvalue weighted by Crippen LogP contribution is 2.14. The van der Waals surface area contributed by atoms with Crippen molar-refractivity contribution in [2.45, 2.75) is 6.42 Å². The molecule has 70 valence electrons. The van der Waals surface area contributed by atoms with Crippen LogP contribution in [0, 0.1) is 11.8 Å². The van der Waals surface area contributed by atoms with Crippen molar-refractivity contribution in [3.63, 3.8) is 0 Å². The summed E-state index contributed by atoms with van der Waals surface area (Å²) < 4.78 is 0. The molecule has 0 radical (unpaired) electrons. The highest BCUT2D eigenvalue weighted by molar-refractivity contribution is 5.84. The summed E-state index contributed by atoms with van der Waals surface area (Å²) in [4.78, 5) is 0. The van der Waals surface area contributed by atoms with E-state index in [1.807, 2.05) is 18.2 Å². The number of hydrogen-bond donors (Lipinski definition) is 2. The standard InChI is InChI=1S/C11H11N3/c12-7-2-1-4-9-5-3-6-11-10(9)8-13-14-11/h3,5-6,8H,2,7,12H2,(H,13,14). The lowest BCUT2D eigenvalue weighted by Gasteiger charge is -1.91. The first-order valence-electron chi connectivity index (χ1n) is 4.53.